The third-order valence-electron chi connectivity index (χ3n) is 15.6. The van der Waals surface area contributed by atoms with Gasteiger partial charge in [-0.05, 0) is 12.8 Å². The fraction of sp³-hybridized carbons (Fsp3) is 0.984. The summed E-state index contributed by atoms with van der Waals surface area (Å²) in [6, 6.07) is 0. The molecule has 0 spiro atoms. The SMILES string of the molecule is CCCCCCCCCCCCCCCCCCCCCCCOCC(COC1OC(COC2OC(CO)C(O)C(O)C2O)C(O)C(O)C1O)OC(=O)CCCCCCCCCCCCCCCCCCCCCC. The van der Waals surface area contributed by atoms with Crippen LogP contribution in [0.25, 0.3) is 0 Å². The van der Waals surface area contributed by atoms with E-state index < -0.39 is 80.7 Å². The molecule has 446 valence electrons. The highest BCUT2D eigenvalue weighted by atomic mass is 16.7. The minimum atomic E-state index is -1.70. The molecule has 2 saturated heterocycles. The van der Waals surface area contributed by atoms with E-state index in [4.69, 9.17) is 28.4 Å². The lowest BCUT2D eigenvalue weighted by atomic mass is 9.98. The molecule has 2 aliphatic heterocycles. The van der Waals surface area contributed by atoms with Gasteiger partial charge in [-0.25, -0.2) is 0 Å². The molecule has 2 fully saturated rings. The Bertz CT molecular complexity index is 1250. The van der Waals surface area contributed by atoms with Crippen LogP contribution in [-0.4, -0.2) is 142 Å². The highest BCUT2D eigenvalue weighted by Crippen LogP contribution is 2.27. The number of hydrogen-bond donors (Lipinski definition) is 7. The molecule has 0 aromatic carbocycles. The summed E-state index contributed by atoms with van der Waals surface area (Å²) >= 11 is 0. The van der Waals surface area contributed by atoms with Crippen LogP contribution in [0.4, 0.5) is 0 Å². The summed E-state index contributed by atoms with van der Waals surface area (Å²) in [7, 11) is 0. The van der Waals surface area contributed by atoms with Crippen LogP contribution in [0.2, 0.25) is 0 Å². The number of rotatable bonds is 53. The standard InChI is InChI=1S/C61H118O14/c1-3-5-7-9-11-13-15-17-19-21-23-25-27-29-31-33-35-37-39-41-43-45-70-47-50(73-53(63)44-42-40-38-36-34-32-30-28-26-24-22-20-18-16-14-12-10-8-6-4-2)48-71-60-59(69)57(67)55(65)52(75-60)49-72-61-58(68)56(66)54(64)51(46-62)74-61/h50-52,54-62,64-69H,3-49H2,1-2H3. The van der Waals surface area contributed by atoms with Crippen molar-refractivity contribution in [2.24, 2.45) is 0 Å². The third kappa shape index (κ3) is 35.4. The molecule has 11 unspecified atom stereocenters. The van der Waals surface area contributed by atoms with Gasteiger partial charge in [-0.1, -0.05) is 264 Å². The van der Waals surface area contributed by atoms with Crippen molar-refractivity contribution in [2.45, 2.75) is 351 Å². The lowest BCUT2D eigenvalue weighted by Gasteiger charge is -2.42. The molecule has 75 heavy (non-hydrogen) atoms. The summed E-state index contributed by atoms with van der Waals surface area (Å²) in [5.41, 5.74) is 0. The molecule has 11 atom stereocenters. The maximum Gasteiger partial charge on any atom is 0.306 e. The van der Waals surface area contributed by atoms with Crippen molar-refractivity contribution in [3.63, 3.8) is 0 Å². The molecule has 2 aliphatic rings. The van der Waals surface area contributed by atoms with Crippen LogP contribution in [-0.2, 0) is 33.2 Å². The van der Waals surface area contributed by atoms with Crippen molar-refractivity contribution in [3.05, 3.63) is 0 Å². The lowest BCUT2D eigenvalue weighted by molar-refractivity contribution is -0.332. The van der Waals surface area contributed by atoms with Crippen molar-refractivity contribution in [1.29, 1.82) is 0 Å². The van der Waals surface area contributed by atoms with Gasteiger partial charge in [0, 0.05) is 13.0 Å². The maximum atomic E-state index is 13.1. The first-order valence-electron chi connectivity index (χ1n) is 31.6. The molecule has 2 heterocycles. The summed E-state index contributed by atoms with van der Waals surface area (Å²) in [5.74, 6) is -0.366. The predicted octanol–water partition coefficient (Wildman–Crippen LogP) is 12.0. The molecule has 0 aromatic heterocycles. The minimum Gasteiger partial charge on any atom is -0.457 e. The maximum absolute atomic E-state index is 13.1. The van der Waals surface area contributed by atoms with Gasteiger partial charge in [0.25, 0.3) is 0 Å². The Hall–Kier alpha value is -1.01. The number of carbonyl (C=O) groups is 1. The number of ether oxygens (including phenoxy) is 6. The van der Waals surface area contributed by atoms with Crippen LogP contribution in [0, 0.1) is 0 Å². The number of aliphatic hydroxyl groups is 7. The summed E-state index contributed by atoms with van der Waals surface area (Å²) < 4.78 is 34.5. The molecule has 14 nitrogen and oxygen atoms in total. The van der Waals surface area contributed by atoms with Crippen molar-refractivity contribution in [1.82, 2.24) is 0 Å². The summed E-state index contributed by atoms with van der Waals surface area (Å²) in [4.78, 5) is 13.1. The van der Waals surface area contributed by atoms with Crippen molar-refractivity contribution in [2.75, 3.05) is 33.0 Å². The largest absolute Gasteiger partial charge is 0.457 e. The smallest absolute Gasteiger partial charge is 0.306 e. The second-order valence-corrected chi connectivity index (χ2v) is 22.6. The van der Waals surface area contributed by atoms with Gasteiger partial charge in [-0.3, -0.25) is 4.79 Å². The second-order valence-electron chi connectivity index (χ2n) is 22.6. The Kier molecular flexibility index (Phi) is 45.7. The van der Waals surface area contributed by atoms with Gasteiger partial charge in [0.15, 0.2) is 12.6 Å². The number of esters is 1. The molecule has 0 radical (unpaired) electrons. The number of unbranched alkanes of at least 4 members (excludes halogenated alkanes) is 39. The zero-order valence-electron chi connectivity index (χ0n) is 48.1. The molecular formula is C61H118O14. The Balaban J connectivity index is 1.67. The van der Waals surface area contributed by atoms with Gasteiger partial charge in [0.2, 0.25) is 0 Å². The normalized spacial score (nSPS) is 24.5. The van der Waals surface area contributed by atoms with E-state index in [9.17, 15) is 40.5 Å². The Morgan fingerprint density at radius 3 is 1.08 bits per heavy atom. The van der Waals surface area contributed by atoms with E-state index in [2.05, 4.69) is 13.8 Å². The van der Waals surface area contributed by atoms with Crippen molar-refractivity contribution < 1.29 is 69.0 Å². The molecule has 2 rings (SSSR count). The minimum absolute atomic E-state index is 0.0713. The molecule has 14 heteroatoms. The third-order valence-corrected chi connectivity index (χ3v) is 15.6. The molecule has 0 bridgehead atoms. The van der Waals surface area contributed by atoms with Crippen LogP contribution in [0.15, 0.2) is 0 Å². The molecule has 7 N–H and O–H groups in total. The second kappa shape index (κ2) is 48.9. The first-order chi connectivity index (χ1) is 36.6. The first kappa shape index (κ1) is 70.1. The van der Waals surface area contributed by atoms with E-state index >= 15 is 0 Å². The zero-order chi connectivity index (χ0) is 54.4. The lowest BCUT2D eigenvalue weighted by Crippen LogP contribution is -2.61. The highest BCUT2D eigenvalue weighted by Gasteiger charge is 2.47. The first-order valence-corrected chi connectivity index (χ1v) is 31.6. The van der Waals surface area contributed by atoms with Gasteiger partial charge in [0.1, 0.15) is 54.9 Å². The fourth-order valence-corrected chi connectivity index (χ4v) is 10.5. The average molecular weight is 1080 g/mol. The number of hydrogen-bond acceptors (Lipinski definition) is 14. The fourth-order valence-electron chi connectivity index (χ4n) is 10.5. The summed E-state index contributed by atoms with van der Waals surface area (Å²) in [5, 5.41) is 72.4. The predicted molar refractivity (Wildman–Crippen MR) is 298 cm³/mol. The Labute approximate surface area is 457 Å². The van der Waals surface area contributed by atoms with Crippen molar-refractivity contribution in [3.8, 4) is 0 Å². The number of aliphatic hydroxyl groups excluding tert-OH is 7. The highest BCUT2D eigenvalue weighted by molar-refractivity contribution is 5.69. The summed E-state index contributed by atoms with van der Waals surface area (Å²) in [6.07, 6.45) is 37.4. The van der Waals surface area contributed by atoms with Crippen molar-refractivity contribution >= 4 is 5.97 Å². The van der Waals surface area contributed by atoms with Crippen LogP contribution >= 0.6 is 0 Å². The van der Waals surface area contributed by atoms with Crippen LogP contribution < -0.4 is 0 Å². The van der Waals surface area contributed by atoms with Gasteiger partial charge in [-0.15, -0.1) is 0 Å². The van der Waals surface area contributed by atoms with E-state index in [0.717, 1.165) is 44.9 Å². The van der Waals surface area contributed by atoms with E-state index in [-0.39, 0.29) is 25.6 Å². The van der Waals surface area contributed by atoms with Gasteiger partial charge >= 0.3 is 5.97 Å². The van der Waals surface area contributed by atoms with E-state index in [1.807, 2.05) is 0 Å². The van der Waals surface area contributed by atoms with Crippen LogP contribution in [0.5, 0.6) is 0 Å². The summed E-state index contributed by atoms with van der Waals surface area (Å²) in [6.45, 7) is 3.78. The molecule has 0 aliphatic carbocycles. The van der Waals surface area contributed by atoms with Crippen LogP contribution in [0.1, 0.15) is 284 Å². The quantitative estimate of drug-likeness (QED) is 0.0223. The van der Waals surface area contributed by atoms with E-state index in [0.29, 0.717) is 6.61 Å². The Morgan fingerprint density at radius 1 is 0.387 bits per heavy atom. The van der Waals surface area contributed by atoms with Crippen LogP contribution in [0.3, 0.4) is 0 Å². The van der Waals surface area contributed by atoms with E-state index in [1.54, 1.807) is 0 Å². The van der Waals surface area contributed by atoms with Gasteiger partial charge in [0.05, 0.1) is 26.4 Å². The van der Waals surface area contributed by atoms with Gasteiger partial charge in [-0.2, -0.15) is 0 Å². The topological polar surface area (TPSA) is 214 Å². The Morgan fingerprint density at radius 2 is 0.707 bits per heavy atom. The molecule has 0 aromatic rings. The van der Waals surface area contributed by atoms with Gasteiger partial charge < -0.3 is 64.2 Å². The average Bonchev–Trinajstić information content (AvgIpc) is 3.41. The van der Waals surface area contributed by atoms with E-state index in [1.165, 1.54) is 218 Å². The molecule has 0 amide bonds. The zero-order valence-corrected chi connectivity index (χ0v) is 48.1. The monoisotopic (exact) mass is 1070 g/mol. The number of carbonyl (C=O) groups excluding carboxylic acids is 1. The molecule has 0 saturated carbocycles. The molecular weight excluding hydrogens is 957 g/mol.